The number of likely N-dealkylation sites (N-methyl/N-ethyl adjacent to an activating group) is 1. The van der Waals surface area contributed by atoms with Gasteiger partial charge in [-0.05, 0) is 43.4 Å². The van der Waals surface area contributed by atoms with Crippen molar-refractivity contribution in [2.45, 2.75) is 6.04 Å². The highest BCUT2D eigenvalue weighted by Gasteiger charge is 2.14. The van der Waals surface area contributed by atoms with E-state index in [0.29, 0.717) is 12.3 Å². The number of nitrogens with zero attached hydrogens (tertiary/aromatic N) is 1. The Morgan fingerprint density at radius 2 is 1.92 bits per heavy atom. The van der Waals surface area contributed by atoms with E-state index in [2.05, 4.69) is 22.3 Å². The van der Waals surface area contributed by atoms with Crippen LogP contribution < -0.4 is 14.8 Å². The zero-order chi connectivity index (χ0) is 17.6. The molecule has 2 aromatic rings. The molecule has 130 valence electrons. The molecular weight excluding hydrogens is 316 g/mol. The lowest BCUT2D eigenvalue weighted by Gasteiger charge is -2.24. The van der Waals surface area contributed by atoms with Crippen LogP contribution in [0.1, 0.15) is 17.2 Å². The molecule has 2 aromatic carbocycles. The molecule has 1 heterocycles. The van der Waals surface area contributed by atoms with E-state index in [4.69, 9.17) is 9.47 Å². The molecule has 1 atom stereocenters. The number of fused-ring (bicyclic) bond motifs is 1. The first kappa shape index (κ1) is 17.0. The summed E-state index contributed by atoms with van der Waals surface area (Å²) in [5.74, 6) is 1.32. The Bertz CT molecular complexity index is 757. The summed E-state index contributed by atoms with van der Waals surface area (Å²) in [7, 11) is 4.01. The van der Waals surface area contributed by atoms with Gasteiger partial charge in [0.15, 0.2) is 11.5 Å². The second-order valence-corrected chi connectivity index (χ2v) is 6.08. The highest BCUT2D eigenvalue weighted by Crippen LogP contribution is 2.32. The van der Waals surface area contributed by atoms with Gasteiger partial charge in [0.05, 0.1) is 6.04 Å². The molecule has 25 heavy (non-hydrogen) atoms. The summed E-state index contributed by atoms with van der Waals surface area (Å²) in [6, 6.07) is 15.9. The van der Waals surface area contributed by atoms with Gasteiger partial charge in [-0.15, -0.1) is 0 Å². The Hall–Kier alpha value is -2.79. The standard InChI is InChI=1S/C20H22N2O3/c1-22(2)17(16-6-4-3-5-7-16)13-21-20(23)11-9-15-8-10-18-19(12-15)25-14-24-18/h3-12,17H,13-14H2,1-2H3,(H,21,23)/b11-9+. The van der Waals surface area contributed by atoms with Crippen molar-refractivity contribution in [3.05, 3.63) is 65.7 Å². The van der Waals surface area contributed by atoms with E-state index in [1.807, 2.05) is 50.5 Å². The maximum absolute atomic E-state index is 12.1. The third kappa shape index (κ3) is 4.39. The van der Waals surface area contributed by atoms with Crippen molar-refractivity contribution in [1.29, 1.82) is 0 Å². The zero-order valence-electron chi connectivity index (χ0n) is 14.4. The van der Waals surface area contributed by atoms with Gasteiger partial charge in [0.25, 0.3) is 0 Å². The van der Waals surface area contributed by atoms with Gasteiger partial charge in [0, 0.05) is 12.6 Å². The number of amides is 1. The van der Waals surface area contributed by atoms with Gasteiger partial charge < -0.3 is 19.7 Å². The summed E-state index contributed by atoms with van der Waals surface area (Å²) < 4.78 is 10.6. The summed E-state index contributed by atoms with van der Waals surface area (Å²) in [5, 5.41) is 2.96. The first-order valence-corrected chi connectivity index (χ1v) is 8.20. The molecule has 0 saturated heterocycles. The van der Waals surface area contributed by atoms with Gasteiger partial charge in [-0.25, -0.2) is 0 Å². The largest absolute Gasteiger partial charge is 0.454 e. The number of benzene rings is 2. The number of nitrogens with one attached hydrogen (secondary N) is 1. The van der Waals surface area contributed by atoms with Crippen molar-refractivity contribution < 1.29 is 14.3 Å². The number of hydrogen-bond donors (Lipinski definition) is 1. The molecule has 3 rings (SSSR count). The van der Waals surface area contributed by atoms with Crippen LogP contribution in [0.2, 0.25) is 0 Å². The first-order chi connectivity index (χ1) is 12.1. The van der Waals surface area contributed by atoms with Crippen LogP contribution >= 0.6 is 0 Å². The van der Waals surface area contributed by atoms with Crippen molar-refractivity contribution >= 4 is 12.0 Å². The average Bonchev–Trinajstić information content (AvgIpc) is 3.08. The van der Waals surface area contributed by atoms with E-state index < -0.39 is 0 Å². The van der Waals surface area contributed by atoms with E-state index >= 15 is 0 Å². The van der Waals surface area contributed by atoms with Crippen LogP contribution in [0.15, 0.2) is 54.6 Å². The van der Waals surface area contributed by atoms with E-state index in [0.717, 1.165) is 11.3 Å². The molecule has 1 N–H and O–H groups in total. The number of ether oxygens (including phenoxy) is 2. The minimum Gasteiger partial charge on any atom is -0.454 e. The molecule has 0 bridgehead atoms. The predicted octanol–water partition coefficient (Wildman–Crippen LogP) is 2.85. The molecule has 1 amide bonds. The summed E-state index contributed by atoms with van der Waals surface area (Å²) in [6.07, 6.45) is 3.31. The highest BCUT2D eigenvalue weighted by atomic mass is 16.7. The predicted molar refractivity (Wildman–Crippen MR) is 97.5 cm³/mol. The molecule has 1 unspecified atom stereocenters. The molecule has 0 aliphatic carbocycles. The van der Waals surface area contributed by atoms with E-state index in [9.17, 15) is 4.79 Å². The summed E-state index contributed by atoms with van der Waals surface area (Å²) in [5.41, 5.74) is 2.07. The van der Waals surface area contributed by atoms with Crippen molar-refractivity contribution in [3.8, 4) is 11.5 Å². The normalized spacial score (nSPS) is 14.0. The van der Waals surface area contributed by atoms with Crippen molar-refractivity contribution in [2.24, 2.45) is 0 Å². The van der Waals surface area contributed by atoms with Crippen LogP contribution in [0.4, 0.5) is 0 Å². The Kier molecular flexibility index (Phi) is 5.36. The molecular formula is C20H22N2O3. The quantitative estimate of drug-likeness (QED) is 0.823. The fourth-order valence-corrected chi connectivity index (χ4v) is 2.72. The molecule has 0 aromatic heterocycles. The Labute approximate surface area is 147 Å². The Morgan fingerprint density at radius 1 is 1.16 bits per heavy atom. The Morgan fingerprint density at radius 3 is 2.68 bits per heavy atom. The molecule has 0 spiro atoms. The third-order valence-corrected chi connectivity index (χ3v) is 4.10. The van der Waals surface area contributed by atoms with E-state index in [1.165, 1.54) is 11.6 Å². The molecule has 1 aliphatic rings. The van der Waals surface area contributed by atoms with E-state index in [-0.39, 0.29) is 18.7 Å². The van der Waals surface area contributed by atoms with Crippen molar-refractivity contribution in [2.75, 3.05) is 27.4 Å². The number of carbonyl (C=O) groups is 1. The highest BCUT2D eigenvalue weighted by molar-refractivity contribution is 5.91. The van der Waals surface area contributed by atoms with Crippen LogP contribution in [0.3, 0.4) is 0 Å². The minimum atomic E-state index is -0.125. The van der Waals surface area contributed by atoms with Crippen LogP contribution in [-0.4, -0.2) is 38.2 Å². The fourth-order valence-electron chi connectivity index (χ4n) is 2.72. The Balaban J connectivity index is 1.58. The summed E-state index contributed by atoms with van der Waals surface area (Å²) in [4.78, 5) is 14.2. The van der Waals surface area contributed by atoms with Crippen LogP contribution in [0.25, 0.3) is 6.08 Å². The SMILES string of the molecule is CN(C)C(CNC(=O)/C=C/c1ccc2c(c1)OCO2)c1ccccc1. The van der Waals surface area contributed by atoms with Crippen molar-refractivity contribution in [3.63, 3.8) is 0 Å². The molecule has 0 saturated carbocycles. The molecule has 0 fully saturated rings. The van der Waals surface area contributed by atoms with Crippen LogP contribution in [-0.2, 0) is 4.79 Å². The molecule has 1 aliphatic heterocycles. The summed E-state index contributed by atoms with van der Waals surface area (Å²) in [6.45, 7) is 0.787. The van der Waals surface area contributed by atoms with Crippen LogP contribution in [0, 0.1) is 0 Å². The lowest BCUT2D eigenvalue weighted by atomic mass is 10.1. The number of carbonyl (C=O) groups excluding carboxylic acids is 1. The zero-order valence-corrected chi connectivity index (χ0v) is 14.4. The van der Waals surface area contributed by atoms with Crippen molar-refractivity contribution in [1.82, 2.24) is 10.2 Å². The number of hydrogen-bond acceptors (Lipinski definition) is 4. The lowest BCUT2D eigenvalue weighted by Crippen LogP contribution is -2.33. The topological polar surface area (TPSA) is 50.8 Å². The van der Waals surface area contributed by atoms with Gasteiger partial charge >= 0.3 is 0 Å². The fraction of sp³-hybridized carbons (Fsp3) is 0.250. The van der Waals surface area contributed by atoms with Gasteiger partial charge in [0.1, 0.15) is 0 Å². The van der Waals surface area contributed by atoms with Gasteiger partial charge in [-0.1, -0.05) is 36.4 Å². The maximum atomic E-state index is 12.1. The molecule has 5 nitrogen and oxygen atoms in total. The second-order valence-electron chi connectivity index (χ2n) is 6.08. The maximum Gasteiger partial charge on any atom is 0.244 e. The van der Waals surface area contributed by atoms with E-state index in [1.54, 1.807) is 6.08 Å². The molecule has 5 heteroatoms. The average molecular weight is 338 g/mol. The second kappa shape index (κ2) is 7.85. The van der Waals surface area contributed by atoms with Gasteiger partial charge in [0.2, 0.25) is 12.7 Å². The number of rotatable bonds is 6. The van der Waals surface area contributed by atoms with Gasteiger partial charge in [-0.2, -0.15) is 0 Å². The first-order valence-electron chi connectivity index (χ1n) is 8.20. The molecule has 0 radical (unpaired) electrons. The van der Waals surface area contributed by atoms with Gasteiger partial charge in [-0.3, -0.25) is 4.79 Å². The smallest absolute Gasteiger partial charge is 0.244 e. The monoisotopic (exact) mass is 338 g/mol. The summed E-state index contributed by atoms with van der Waals surface area (Å²) >= 11 is 0. The lowest BCUT2D eigenvalue weighted by molar-refractivity contribution is -0.116. The van der Waals surface area contributed by atoms with Crippen LogP contribution in [0.5, 0.6) is 11.5 Å². The third-order valence-electron chi connectivity index (χ3n) is 4.10. The minimum absolute atomic E-state index is 0.125.